The summed E-state index contributed by atoms with van der Waals surface area (Å²) < 4.78 is 6.70. The maximum absolute atomic E-state index is 11.9. The van der Waals surface area contributed by atoms with E-state index in [9.17, 15) is 9.90 Å². The average molecular weight is 490 g/mol. The number of phenolic OH excluding ortho intramolecular Hbond substituents is 1. The van der Waals surface area contributed by atoms with E-state index >= 15 is 0 Å². The number of benzene rings is 1. The summed E-state index contributed by atoms with van der Waals surface area (Å²) in [5.41, 5.74) is 3.52. The molecule has 120 valence electrons. The highest BCUT2D eigenvalue weighted by Gasteiger charge is 2.09. The zero-order valence-electron chi connectivity index (χ0n) is 12.1. The molecule has 0 bridgehead atoms. The lowest BCUT2D eigenvalue weighted by Crippen LogP contribution is -2.17. The van der Waals surface area contributed by atoms with Gasteiger partial charge in [-0.15, -0.1) is 0 Å². The van der Waals surface area contributed by atoms with Crippen LogP contribution in [0.3, 0.4) is 0 Å². The number of carbonyl (C=O) groups excluding carboxylic acids is 1. The maximum atomic E-state index is 11.9. The number of ether oxygens (including phenoxy) is 1. The van der Waals surface area contributed by atoms with E-state index < -0.39 is 0 Å². The molecule has 0 aliphatic carbocycles. The van der Waals surface area contributed by atoms with Crippen molar-refractivity contribution in [1.29, 1.82) is 0 Å². The minimum absolute atomic E-state index is 0.0915. The first-order valence-electron chi connectivity index (χ1n) is 6.60. The molecular weight excluding hydrogens is 477 g/mol. The number of hydrogen-bond donors (Lipinski definition) is 2. The predicted molar refractivity (Wildman–Crippen MR) is 99.0 cm³/mol. The first-order chi connectivity index (χ1) is 11.0. The molecule has 23 heavy (non-hydrogen) atoms. The largest absolute Gasteiger partial charge is 0.504 e. The highest BCUT2D eigenvalue weighted by atomic mass is 127. The van der Waals surface area contributed by atoms with Gasteiger partial charge in [-0.05, 0) is 69.2 Å². The number of pyridine rings is 1. The minimum Gasteiger partial charge on any atom is -0.504 e. The summed E-state index contributed by atoms with van der Waals surface area (Å²) in [7, 11) is 0. The molecule has 0 aliphatic heterocycles. The number of hydrogen-bond acceptors (Lipinski definition) is 5. The summed E-state index contributed by atoms with van der Waals surface area (Å²) in [5, 5.41) is 13.8. The second kappa shape index (κ2) is 8.25. The van der Waals surface area contributed by atoms with Gasteiger partial charge in [0, 0.05) is 16.9 Å². The Balaban J connectivity index is 2.10. The van der Waals surface area contributed by atoms with E-state index in [-0.39, 0.29) is 11.7 Å². The van der Waals surface area contributed by atoms with Crippen LogP contribution in [0.1, 0.15) is 22.8 Å². The quantitative estimate of drug-likeness (QED) is 0.383. The number of carbonyl (C=O) groups is 1. The van der Waals surface area contributed by atoms with Gasteiger partial charge in [-0.3, -0.25) is 9.78 Å². The third-order valence-electron chi connectivity index (χ3n) is 2.70. The summed E-state index contributed by atoms with van der Waals surface area (Å²) in [6.07, 6.45) is 4.52. The van der Waals surface area contributed by atoms with Crippen LogP contribution in [0, 0.1) is 3.57 Å². The van der Waals surface area contributed by atoms with Crippen molar-refractivity contribution >= 4 is 50.6 Å². The fraction of sp³-hybridized carbons (Fsp3) is 0.133. The Morgan fingerprint density at radius 1 is 1.48 bits per heavy atom. The van der Waals surface area contributed by atoms with Gasteiger partial charge in [0.15, 0.2) is 11.5 Å². The molecule has 0 unspecified atom stereocenters. The number of aromatic nitrogens is 1. The zero-order valence-corrected chi connectivity index (χ0v) is 15.8. The molecule has 2 aromatic rings. The number of halogens is 2. The van der Waals surface area contributed by atoms with Crippen LogP contribution in [0.25, 0.3) is 0 Å². The lowest BCUT2D eigenvalue weighted by Gasteiger charge is -2.08. The highest BCUT2D eigenvalue weighted by molar-refractivity contribution is 14.1. The van der Waals surface area contributed by atoms with Gasteiger partial charge in [-0.1, -0.05) is 0 Å². The second-order valence-corrected chi connectivity index (χ2v) is 6.45. The van der Waals surface area contributed by atoms with Crippen molar-refractivity contribution in [3.05, 3.63) is 49.8 Å². The van der Waals surface area contributed by atoms with E-state index in [0.717, 1.165) is 0 Å². The van der Waals surface area contributed by atoms with Gasteiger partial charge in [0.05, 0.1) is 22.0 Å². The molecule has 1 aromatic heterocycles. The Hall–Kier alpha value is -1.68. The number of amides is 1. The van der Waals surface area contributed by atoms with E-state index in [1.807, 2.05) is 29.5 Å². The topological polar surface area (TPSA) is 83.8 Å². The van der Waals surface area contributed by atoms with Gasteiger partial charge >= 0.3 is 0 Å². The lowest BCUT2D eigenvalue weighted by molar-refractivity contribution is 0.0954. The molecule has 2 N–H and O–H groups in total. The van der Waals surface area contributed by atoms with Crippen LogP contribution < -0.4 is 10.2 Å². The second-order valence-electron chi connectivity index (χ2n) is 4.37. The third-order valence-corrected chi connectivity index (χ3v) is 3.95. The Bertz CT molecular complexity index is 753. The van der Waals surface area contributed by atoms with Crippen LogP contribution in [-0.4, -0.2) is 28.8 Å². The summed E-state index contributed by atoms with van der Waals surface area (Å²) in [6, 6.07) is 5.03. The summed E-state index contributed by atoms with van der Waals surface area (Å²) >= 11 is 5.25. The predicted octanol–water partition coefficient (Wildman–Crippen LogP) is 3.32. The normalized spacial score (nSPS) is 10.7. The van der Waals surface area contributed by atoms with E-state index in [4.69, 9.17) is 4.74 Å². The van der Waals surface area contributed by atoms with Gasteiger partial charge in [0.25, 0.3) is 5.91 Å². The van der Waals surface area contributed by atoms with E-state index in [0.29, 0.717) is 31.5 Å². The van der Waals surface area contributed by atoms with E-state index in [1.165, 1.54) is 12.4 Å². The molecule has 0 aliphatic rings. The molecule has 8 heteroatoms. The van der Waals surface area contributed by atoms with E-state index in [1.54, 1.807) is 24.4 Å². The van der Waals surface area contributed by atoms with Crippen molar-refractivity contribution < 1.29 is 14.6 Å². The van der Waals surface area contributed by atoms with Crippen molar-refractivity contribution in [2.75, 3.05) is 6.61 Å². The minimum atomic E-state index is -0.367. The molecule has 1 amide bonds. The van der Waals surface area contributed by atoms with Crippen molar-refractivity contribution in [2.24, 2.45) is 5.10 Å². The van der Waals surface area contributed by atoms with Crippen LogP contribution >= 0.6 is 38.5 Å². The Kier molecular flexibility index (Phi) is 6.34. The Morgan fingerprint density at radius 3 is 2.96 bits per heavy atom. The summed E-state index contributed by atoms with van der Waals surface area (Å²) in [6.45, 7) is 2.27. The van der Waals surface area contributed by atoms with Gasteiger partial charge in [0.1, 0.15) is 0 Å². The molecule has 2 rings (SSSR count). The van der Waals surface area contributed by atoms with Gasteiger partial charge in [-0.25, -0.2) is 5.43 Å². The highest BCUT2D eigenvalue weighted by Crippen LogP contribution is 2.32. The van der Waals surface area contributed by atoms with Crippen molar-refractivity contribution in [3.63, 3.8) is 0 Å². The molecule has 0 atom stereocenters. The fourth-order valence-electron chi connectivity index (χ4n) is 1.70. The average Bonchev–Trinajstić information content (AvgIpc) is 2.52. The number of aromatic hydroxyl groups is 1. The molecule has 0 saturated heterocycles. The molecule has 0 spiro atoms. The maximum Gasteiger partial charge on any atom is 0.272 e. The van der Waals surface area contributed by atoms with Gasteiger partial charge in [-0.2, -0.15) is 5.10 Å². The first-order valence-corrected chi connectivity index (χ1v) is 8.47. The number of phenols is 1. The molecule has 0 fully saturated rings. The molecule has 0 radical (unpaired) electrons. The lowest BCUT2D eigenvalue weighted by atomic mass is 10.2. The number of rotatable bonds is 5. The van der Waals surface area contributed by atoms with Crippen molar-refractivity contribution in [1.82, 2.24) is 10.4 Å². The smallest absolute Gasteiger partial charge is 0.272 e. The molecule has 0 saturated carbocycles. The summed E-state index contributed by atoms with van der Waals surface area (Å²) in [4.78, 5) is 15.8. The van der Waals surface area contributed by atoms with Crippen LogP contribution in [0.2, 0.25) is 0 Å². The first kappa shape index (κ1) is 17.7. The number of hydrazone groups is 1. The number of nitrogens with one attached hydrogen (secondary N) is 1. The molecule has 1 aromatic carbocycles. The van der Waals surface area contributed by atoms with Gasteiger partial charge in [0.2, 0.25) is 0 Å². The number of nitrogens with zero attached hydrogens (tertiary/aromatic N) is 2. The van der Waals surface area contributed by atoms with Gasteiger partial charge < -0.3 is 9.84 Å². The Labute approximate surface area is 155 Å². The Morgan fingerprint density at radius 2 is 2.26 bits per heavy atom. The SMILES string of the molecule is CCOc1cc(C=NNC(=O)c2cncc(Br)c2)cc(I)c1O. The fourth-order valence-corrected chi connectivity index (χ4v) is 2.69. The summed E-state index contributed by atoms with van der Waals surface area (Å²) in [5.74, 6) is 0.103. The zero-order chi connectivity index (χ0) is 16.8. The molecule has 6 nitrogen and oxygen atoms in total. The standard InChI is InChI=1S/C15H13BrIN3O3/c1-2-23-13-4-9(3-12(17)14(13)21)6-19-20-15(22)10-5-11(16)8-18-7-10/h3-8,21H,2H2,1H3,(H,20,22). The van der Waals surface area contributed by atoms with Crippen LogP contribution in [0.15, 0.2) is 40.2 Å². The monoisotopic (exact) mass is 489 g/mol. The molecule has 1 heterocycles. The van der Waals surface area contributed by atoms with Crippen LogP contribution in [-0.2, 0) is 0 Å². The van der Waals surface area contributed by atoms with E-state index in [2.05, 4.69) is 31.4 Å². The van der Waals surface area contributed by atoms with Crippen molar-refractivity contribution in [2.45, 2.75) is 6.92 Å². The third kappa shape index (κ3) is 4.90. The van der Waals surface area contributed by atoms with Crippen molar-refractivity contribution in [3.8, 4) is 11.5 Å². The van der Waals surface area contributed by atoms with Crippen LogP contribution in [0.5, 0.6) is 11.5 Å². The van der Waals surface area contributed by atoms with Crippen LogP contribution in [0.4, 0.5) is 0 Å². The molecular formula is C15H13BrIN3O3.